The Hall–Kier alpha value is -3.74. The zero-order chi connectivity index (χ0) is 25.2. The Morgan fingerprint density at radius 3 is 2.56 bits per heavy atom. The van der Waals surface area contributed by atoms with Gasteiger partial charge in [-0.1, -0.05) is 84.4 Å². The second-order valence-corrected chi connectivity index (χ2v) is 9.57. The van der Waals surface area contributed by atoms with E-state index in [1.165, 1.54) is 10.8 Å². The molecule has 180 valence electrons. The molecule has 4 aromatic rings. The molecule has 4 aromatic carbocycles. The molecule has 1 amide bonds. The molecular weight excluding hydrogens is 488 g/mol. The van der Waals surface area contributed by atoms with E-state index in [4.69, 9.17) is 28.8 Å². The van der Waals surface area contributed by atoms with Crippen molar-refractivity contribution in [2.24, 2.45) is 4.99 Å². The Balaban J connectivity index is 1.46. The number of thiocarbonyl (C=S) groups is 1. The van der Waals surface area contributed by atoms with Crippen molar-refractivity contribution in [3.05, 3.63) is 113 Å². The lowest BCUT2D eigenvalue weighted by Gasteiger charge is -2.26. The number of benzodiazepines with no additional fused rings is 1. The Bertz CT molecular complexity index is 1480. The normalized spacial score (nSPS) is 15.2. The molecule has 0 aliphatic carbocycles. The number of hydrogen-bond acceptors (Lipinski definition) is 3. The van der Waals surface area contributed by atoms with Gasteiger partial charge < -0.3 is 15.1 Å². The van der Waals surface area contributed by atoms with E-state index in [0.29, 0.717) is 22.4 Å². The number of nitrogens with one attached hydrogen (secondary N) is 1. The molecule has 0 saturated carbocycles. The number of benzene rings is 4. The lowest BCUT2D eigenvalue weighted by Crippen LogP contribution is -2.49. The first kappa shape index (κ1) is 24.0. The predicted molar refractivity (Wildman–Crippen MR) is 152 cm³/mol. The Kier molecular flexibility index (Phi) is 6.72. The van der Waals surface area contributed by atoms with E-state index < -0.39 is 6.17 Å². The summed E-state index contributed by atoms with van der Waals surface area (Å²) in [5.41, 5.74) is 4.27. The second-order valence-electron chi connectivity index (χ2n) is 8.75. The highest BCUT2D eigenvalue weighted by atomic mass is 35.5. The Morgan fingerprint density at radius 2 is 1.75 bits per heavy atom. The summed E-state index contributed by atoms with van der Waals surface area (Å²) >= 11 is 12.1. The maximum Gasteiger partial charge on any atom is 0.272 e. The first-order valence-corrected chi connectivity index (χ1v) is 12.4. The number of rotatable bonds is 4. The number of aliphatic imine (C=N–C) groups is 1. The van der Waals surface area contributed by atoms with Crippen molar-refractivity contribution in [3.63, 3.8) is 0 Å². The van der Waals surface area contributed by atoms with Crippen molar-refractivity contribution in [1.82, 2.24) is 10.2 Å². The van der Waals surface area contributed by atoms with Gasteiger partial charge in [-0.25, -0.2) is 4.99 Å². The lowest BCUT2D eigenvalue weighted by atomic mass is 10.0. The summed E-state index contributed by atoms with van der Waals surface area (Å²) in [6.07, 6.45) is -0.890. The number of amides is 1. The molecule has 1 aliphatic heterocycles. The van der Waals surface area contributed by atoms with Gasteiger partial charge in [0, 0.05) is 36.8 Å². The van der Waals surface area contributed by atoms with Crippen LogP contribution in [0.1, 0.15) is 16.7 Å². The van der Waals surface area contributed by atoms with Crippen LogP contribution in [-0.4, -0.2) is 41.9 Å². The molecule has 1 unspecified atom stereocenters. The average molecular weight is 513 g/mol. The first-order valence-electron chi connectivity index (χ1n) is 11.6. The predicted octanol–water partition coefficient (Wildman–Crippen LogP) is 5.64. The molecule has 0 fully saturated rings. The molecule has 0 spiro atoms. The maximum atomic E-state index is 13.5. The second kappa shape index (κ2) is 10.1. The third kappa shape index (κ3) is 4.70. The van der Waals surface area contributed by atoms with Gasteiger partial charge >= 0.3 is 0 Å². The zero-order valence-electron chi connectivity index (χ0n) is 20.0. The molecular formula is C29H25ClN4OS. The molecule has 0 radical (unpaired) electrons. The number of hydrogen-bond donors (Lipinski definition) is 1. The van der Waals surface area contributed by atoms with Crippen LogP contribution in [0.5, 0.6) is 0 Å². The molecule has 1 aliphatic rings. The third-order valence-electron chi connectivity index (χ3n) is 6.34. The minimum absolute atomic E-state index is 0.203. The van der Waals surface area contributed by atoms with Crippen molar-refractivity contribution in [1.29, 1.82) is 0 Å². The topological polar surface area (TPSA) is 47.9 Å². The number of anilines is 1. The van der Waals surface area contributed by atoms with Crippen LogP contribution < -0.4 is 10.2 Å². The molecule has 0 saturated heterocycles. The largest absolute Gasteiger partial charge is 0.348 e. The third-order valence-corrected chi connectivity index (χ3v) is 7.00. The van der Waals surface area contributed by atoms with Gasteiger partial charge in [-0.05, 0) is 46.8 Å². The lowest BCUT2D eigenvalue weighted by molar-refractivity contribution is -0.119. The highest BCUT2D eigenvalue weighted by molar-refractivity contribution is 7.80. The first-order chi connectivity index (χ1) is 17.4. The monoisotopic (exact) mass is 512 g/mol. The molecule has 1 heterocycles. The summed E-state index contributed by atoms with van der Waals surface area (Å²) in [6.45, 7) is 0.592. The smallest absolute Gasteiger partial charge is 0.272 e. The number of nitrogens with zero attached hydrogens (tertiary/aromatic N) is 3. The SMILES string of the molecule is CN(Cc1cccc2ccccc12)C(=S)NC1N=C(c2ccccc2)c2cc(Cl)ccc2N(C)C1=O. The molecule has 0 aromatic heterocycles. The Labute approximate surface area is 221 Å². The minimum Gasteiger partial charge on any atom is -0.348 e. The molecule has 1 atom stereocenters. The number of carbonyl (C=O) groups excluding carboxylic acids is 1. The summed E-state index contributed by atoms with van der Waals surface area (Å²) in [7, 11) is 3.66. The van der Waals surface area contributed by atoms with Crippen LogP contribution in [0.4, 0.5) is 5.69 Å². The van der Waals surface area contributed by atoms with Crippen LogP contribution >= 0.6 is 23.8 Å². The van der Waals surface area contributed by atoms with Gasteiger partial charge in [-0.3, -0.25) is 4.79 Å². The zero-order valence-corrected chi connectivity index (χ0v) is 21.6. The fraction of sp³-hybridized carbons (Fsp3) is 0.138. The quantitative estimate of drug-likeness (QED) is 0.359. The van der Waals surface area contributed by atoms with Crippen molar-refractivity contribution >= 4 is 57.0 Å². The number of halogens is 1. The Morgan fingerprint density at radius 1 is 1.03 bits per heavy atom. The van der Waals surface area contributed by atoms with E-state index in [1.54, 1.807) is 18.0 Å². The van der Waals surface area contributed by atoms with E-state index in [-0.39, 0.29) is 5.91 Å². The van der Waals surface area contributed by atoms with E-state index in [0.717, 1.165) is 22.4 Å². The van der Waals surface area contributed by atoms with Crippen LogP contribution in [0.25, 0.3) is 10.8 Å². The fourth-order valence-corrected chi connectivity index (χ4v) is 4.80. The van der Waals surface area contributed by atoms with E-state index in [2.05, 4.69) is 29.6 Å². The standard InChI is InChI=1S/C29H25ClN4OS/c1-33(18-21-13-8-12-19-9-6-7-14-23(19)21)29(36)32-27-28(35)34(2)25-16-15-22(30)17-24(25)26(31-27)20-10-4-3-5-11-20/h3-17,27H,18H2,1-2H3,(H,32,36). The molecule has 1 N–H and O–H groups in total. The van der Waals surface area contributed by atoms with Crippen molar-refractivity contribution < 1.29 is 4.79 Å². The summed E-state index contributed by atoms with van der Waals surface area (Å²) in [6, 6.07) is 29.8. The van der Waals surface area contributed by atoms with E-state index in [9.17, 15) is 4.79 Å². The van der Waals surface area contributed by atoms with Gasteiger partial charge in [-0.15, -0.1) is 0 Å². The van der Waals surface area contributed by atoms with Crippen LogP contribution in [0, 0.1) is 0 Å². The van der Waals surface area contributed by atoms with Crippen LogP contribution in [0.2, 0.25) is 5.02 Å². The number of likely N-dealkylation sites (N-methyl/N-ethyl adjacent to an activating group) is 1. The molecule has 5 nitrogen and oxygen atoms in total. The molecule has 0 bridgehead atoms. The number of carbonyl (C=O) groups is 1. The fourth-order valence-electron chi connectivity index (χ4n) is 4.45. The van der Waals surface area contributed by atoms with Gasteiger partial charge in [0.2, 0.25) is 6.17 Å². The van der Waals surface area contributed by atoms with E-state index >= 15 is 0 Å². The van der Waals surface area contributed by atoms with Gasteiger partial charge in [0.25, 0.3) is 5.91 Å². The summed E-state index contributed by atoms with van der Waals surface area (Å²) in [5, 5.41) is 6.57. The van der Waals surface area contributed by atoms with Gasteiger partial charge in [0.05, 0.1) is 11.4 Å². The van der Waals surface area contributed by atoms with Crippen molar-refractivity contribution in [2.75, 3.05) is 19.0 Å². The van der Waals surface area contributed by atoms with Crippen LogP contribution in [0.3, 0.4) is 0 Å². The highest BCUT2D eigenvalue weighted by Gasteiger charge is 2.31. The number of fused-ring (bicyclic) bond motifs is 2. The average Bonchev–Trinajstić information content (AvgIpc) is 2.99. The van der Waals surface area contributed by atoms with Gasteiger partial charge in [0.1, 0.15) is 0 Å². The summed E-state index contributed by atoms with van der Waals surface area (Å²) < 4.78 is 0. The maximum absolute atomic E-state index is 13.5. The van der Waals surface area contributed by atoms with Crippen molar-refractivity contribution in [3.8, 4) is 0 Å². The van der Waals surface area contributed by atoms with Crippen molar-refractivity contribution in [2.45, 2.75) is 12.7 Å². The summed E-state index contributed by atoms with van der Waals surface area (Å²) in [5.74, 6) is -0.203. The van der Waals surface area contributed by atoms with E-state index in [1.807, 2.05) is 72.6 Å². The summed E-state index contributed by atoms with van der Waals surface area (Å²) in [4.78, 5) is 21.9. The van der Waals surface area contributed by atoms with Gasteiger partial charge in [0.15, 0.2) is 5.11 Å². The van der Waals surface area contributed by atoms with Gasteiger partial charge in [-0.2, -0.15) is 0 Å². The highest BCUT2D eigenvalue weighted by Crippen LogP contribution is 2.30. The molecule has 36 heavy (non-hydrogen) atoms. The molecule has 5 rings (SSSR count). The van der Waals surface area contributed by atoms with Crippen LogP contribution in [-0.2, 0) is 11.3 Å². The molecule has 7 heteroatoms. The minimum atomic E-state index is -0.890. The van der Waals surface area contributed by atoms with Crippen LogP contribution in [0.15, 0.2) is 96.0 Å².